The van der Waals surface area contributed by atoms with Gasteiger partial charge in [0.2, 0.25) is 0 Å². The van der Waals surface area contributed by atoms with Crippen molar-refractivity contribution in [2.75, 3.05) is 12.3 Å². The largest absolute Gasteiger partial charge is 0.409 e. The molecule has 0 amide bonds. The van der Waals surface area contributed by atoms with Gasteiger partial charge in [0.05, 0.1) is 6.04 Å². The van der Waals surface area contributed by atoms with Crippen LogP contribution in [0.5, 0.6) is 0 Å². The Hall–Kier alpha value is -0.420. The van der Waals surface area contributed by atoms with Crippen molar-refractivity contribution in [3.8, 4) is 0 Å². The number of nitrogens with one attached hydrogen (secondary N) is 1. The fraction of sp³-hybridized carbons (Fsp3) is 0.889. The van der Waals surface area contributed by atoms with Crippen LogP contribution in [0.15, 0.2) is 5.16 Å². The lowest BCUT2D eigenvalue weighted by Crippen LogP contribution is -2.43. The van der Waals surface area contributed by atoms with E-state index in [1.807, 2.05) is 18.7 Å². The zero-order valence-electron chi connectivity index (χ0n) is 8.57. The first kappa shape index (κ1) is 11.7. The van der Waals surface area contributed by atoms with Gasteiger partial charge >= 0.3 is 0 Å². The zero-order chi connectivity index (χ0) is 10.4. The normalized spacial score (nSPS) is 25.2. The van der Waals surface area contributed by atoms with Gasteiger partial charge in [-0.05, 0) is 25.0 Å². The minimum absolute atomic E-state index is 0.0150. The molecule has 0 aromatic rings. The highest BCUT2D eigenvalue weighted by atomic mass is 32.2. The van der Waals surface area contributed by atoms with Crippen LogP contribution in [0.2, 0.25) is 0 Å². The molecule has 82 valence electrons. The van der Waals surface area contributed by atoms with E-state index in [9.17, 15) is 0 Å². The van der Waals surface area contributed by atoms with Crippen LogP contribution < -0.4 is 11.1 Å². The number of nitrogens with two attached hydrogens (primary N) is 1. The van der Waals surface area contributed by atoms with Gasteiger partial charge in [-0.3, -0.25) is 0 Å². The molecule has 1 fully saturated rings. The Morgan fingerprint density at radius 3 is 3.07 bits per heavy atom. The third-order valence-electron chi connectivity index (χ3n) is 2.50. The lowest BCUT2D eigenvalue weighted by molar-refractivity contribution is 0.314. The predicted molar refractivity (Wildman–Crippen MR) is 61.0 cm³/mol. The van der Waals surface area contributed by atoms with Gasteiger partial charge in [0.15, 0.2) is 5.84 Å². The number of rotatable bonds is 5. The molecule has 2 unspecified atom stereocenters. The summed E-state index contributed by atoms with van der Waals surface area (Å²) >= 11 is 2.01. The summed E-state index contributed by atoms with van der Waals surface area (Å²) in [6, 6.07) is 0.0150. The Morgan fingerprint density at radius 2 is 2.57 bits per heavy atom. The summed E-state index contributed by atoms with van der Waals surface area (Å²) in [5.41, 5.74) is 5.54. The Labute approximate surface area is 89.3 Å². The van der Waals surface area contributed by atoms with E-state index in [4.69, 9.17) is 10.9 Å². The van der Waals surface area contributed by atoms with Crippen molar-refractivity contribution in [1.29, 1.82) is 0 Å². The number of hydrogen-bond acceptors (Lipinski definition) is 4. The van der Waals surface area contributed by atoms with E-state index in [1.54, 1.807) is 0 Å². The highest BCUT2D eigenvalue weighted by molar-refractivity contribution is 8.00. The van der Waals surface area contributed by atoms with E-state index in [0.717, 1.165) is 13.0 Å². The first-order chi connectivity index (χ1) is 6.77. The quantitative estimate of drug-likeness (QED) is 0.278. The van der Waals surface area contributed by atoms with Gasteiger partial charge in [0, 0.05) is 11.8 Å². The minimum Gasteiger partial charge on any atom is -0.409 e. The maximum absolute atomic E-state index is 8.55. The Morgan fingerprint density at radius 1 is 1.79 bits per heavy atom. The number of thioether (sulfide) groups is 1. The molecule has 2 atom stereocenters. The second-order valence-electron chi connectivity index (χ2n) is 3.53. The molecule has 0 aromatic carbocycles. The summed E-state index contributed by atoms with van der Waals surface area (Å²) in [7, 11) is 0. The van der Waals surface area contributed by atoms with Crippen LogP contribution in [-0.4, -0.2) is 34.6 Å². The Bertz CT molecular complexity index is 192. The monoisotopic (exact) mass is 217 g/mol. The van der Waals surface area contributed by atoms with Crippen LogP contribution in [0.3, 0.4) is 0 Å². The molecule has 0 aliphatic carbocycles. The lowest BCUT2D eigenvalue weighted by Gasteiger charge is -2.17. The Kier molecular flexibility index (Phi) is 5.11. The number of hydrogen-bond donors (Lipinski definition) is 3. The van der Waals surface area contributed by atoms with Crippen molar-refractivity contribution in [2.24, 2.45) is 10.9 Å². The summed E-state index contributed by atoms with van der Waals surface area (Å²) in [6.45, 7) is 2.98. The molecule has 1 aliphatic heterocycles. The van der Waals surface area contributed by atoms with Crippen molar-refractivity contribution < 1.29 is 5.21 Å². The molecule has 0 radical (unpaired) electrons. The molecule has 5 heteroatoms. The van der Waals surface area contributed by atoms with Gasteiger partial charge in [0.25, 0.3) is 0 Å². The lowest BCUT2D eigenvalue weighted by atomic mass is 10.2. The minimum atomic E-state index is 0.0150. The molecule has 1 rings (SSSR count). The van der Waals surface area contributed by atoms with E-state index in [2.05, 4.69) is 10.5 Å². The van der Waals surface area contributed by atoms with Crippen molar-refractivity contribution in [2.45, 2.75) is 37.5 Å². The van der Waals surface area contributed by atoms with Crippen LogP contribution in [0.25, 0.3) is 0 Å². The van der Waals surface area contributed by atoms with E-state index in [-0.39, 0.29) is 11.9 Å². The van der Waals surface area contributed by atoms with Crippen molar-refractivity contribution in [3.63, 3.8) is 0 Å². The van der Waals surface area contributed by atoms with Crippen LogP contribution >= 0.6 is 11.8 Å². The highest BCUT2D eigenvalue weighted by Gasteiger charge is 2.18. The predicted octanol–water partition coefficient (Wildman–Crippen LogP) is 0.997. The molecule has 1 aliphatic rings. The summed E-state index contributed by atoms with van der Waals surface area (Å²) in [5, 5.41) is 15.6. The van der Waals surface area contributed by atoms with Gasteiger partial charge in [0.1, 0.15) is 0 Å². The second-order valence-corrected chi connectivity index (χ2v) is 4.94. The van der Waals surface area contributed by atoms with Gasteiger partial charge in [-0.25, -0.2) is 0 Å². The van der Waals surface area contributed by atoms with Gasteiger partial charge in [-0.1, -0.05) is 12.1 Å². The molecule has 0 bridgehead atoms. The maximum atomic E-state index is 8.55. The molecule has 1 saturated heterocycles. The molecule has 4 nitrogen and oxygen atoms in total. The molecule has 0 spiro atoms. The van der Waals surface area contributed by atoms with Crippen molar-refractivity contribution in [1.82, 2.24) is 5.32 Å². The standard InChI is InChI=1S/C9H19N3OS/c1-2-8(9(10)12-13)11-6-7-4-3-5-14-7/h7-8,11,13H,2-6H2,1H3,(H2,10,12). The molecule has 1 heterocycles. The van der Waals surface area contributed by atoms with Crippen LogP contribution in [0.4, 0.5) is 0 Å². The van der Waals surface area contributed by atoms with Gasteiger partial charge < -0.3 is 16.3 Å². The third kappa shape index (κ3) is 3.38. The Balaban J connectivity index is 2.26. The first-order valence-corrected chi connectivity index (χ1v) is 6.15. The first-order valence-electron chi connectivity index (χ1n) is 5.10. The molecule has 4 N–H and O–H groups in total. The average Bonchev–Trinajstić information content (AvgIpc) is 2.71. The van der Waals surface area contributed by atoms with Crippen molar-refractivity contribution >= 4 is 17.6 Å². The van der Waals surface area contributed by atoms with E-state index in [1.165, 1.54) is 18.6 Å². The van der Waals surface area contributed by atoms with Crippen LogP contribution in [0.1, 0.15) is 26.2 Å². The van der Waals surface area contributed by atoms with Crippen LogP contribution in [0, 0.1) is 0 Å². The fourth-order valence-electron chi connectivity index (χ4n) is 1.61. The SMILES string of the molecule is CCC(NCC1CCCS1)C(N)=NO. The van der Waals surface area contributed by atoms with Gasteiger partial charge in [-0.15, -0.1) is 0 Å². The van der Waals surface area contributed by atoms with Crippen molar-refractivity contribution in [3.05, 3.63) is 0 Å². The average molecular weight is 217 g/mol. The summed E-state index contributed by atoms with van der Waals surface area (Å²) in [5.74, 6) is 1.56. The topological polar surface area (TPSA) is 70.6 Å². The number of nitrogens with zero attached hydrogens (tertiary/aromatic N) is 1. The van der Waals surface area contributed by atoms with E-state index < -0.39 is 0 Å². The molecule has 0 aromatic heterocycles. The number of amidine groups is 1. The maximum Gasteiger partial charge on any atom is 0.156 e. The van der Waals surface area contributed by atoms with E-state index in [0.29, 0.717) is 5.25 Å². The fourth-order valence-corrected chi connectivity index (χ4v) is 2.82. The summed E-state index contributed by atoms with van der Waals surface area (Å²) < 4.78 is 0. The summed E-state index contributed by atoms with van der Waals surface area (Å²) in [6.07, 6.45) is 3.45. The zero-order valence-corrected chi connectivity index (χ0v) is 9.39. The molecular formula is C9H19N3OS. The third-order valence-corrected chi connectivity index (χ3v) is 3.89. The highest BCUT2D eigenvalue weighted by Crippen LogP contribution is 2.25. The van der Waals surface area contributed by atoms with Crippen LogP contribution in [-0.2, 0) is 0 Å². The second kappa shape index (κ2) is 6.14. The van der Waals surface area contributed by atoms with Gasteiger partial charge in [-0.2, -0.15) is 11.8 Å². The molecular weight excluding hydrogens is 198 g/mol. The molecule has 0 saturated carbocycles. The smallest absolute Gasteiger partial charge is 0.156 e. The van der Waals surface area contributed by atoms with E-state index >= 15 is 0 Å². The number of oxime groups is 1. The summed E-state index contributed by atoms with van der Waals surface area (Å²) in [4.78, 5) is 0. The molecule has 14 heavy (non-hydrogen) atoms.